The van der Waals surface area contributed by atoms with E-state index in [1.54, 1.807) is 0 Å². The average molecular weight is 224 g/mol. The number of rotatable bonds is 1. The van der Waals surface area contributed by atoms with Crippen molar-refractivity contribution in [1.82, 2.24) is 4.98 Å². The highest BCUT2D eigenvalue weighted by Gasteiger charge is 2.12. The molecule has 1 heterocycles. The minimum absolute atomic E-state index is 0.767. The normalized spacial score (nSPS) is 13.7. The maximum atomic E-state index is 6.04. The fourth-order valence-electron chi connectivity index (χ4n) is 2.55. The first kappa shape index (κ1) is 10.3. The molecule has 0 unspecified atom stereocenters. The van der Waals surface area contributed by atoms with E-state index >= 15 is 0 Å². The second kappa shape index (κ2) is 3.88. The number of aromatic nitrogens is 1. The third-order valence-corrected chi connectivity index (χ3v) is 3.43. The van der Waals surface area contributed by atoms with Gasteiger partial charge in [0.1, 0.15) is 0 Å². The van der Waals surface area contributed by atoms with E-state index in [9.17, 15) is 0 Å². The van der Waals surface area contributed by atoms with Crippen molar-refractivity contribution in [2.24, 2.45) is 0 Å². The minimum Gasteiger partial charge on any atom is -0.397 e. The van der Waals surface area contributed by atoms with Crippen LogP contribution < -0.4 is 5.73 Å². The SMILES string of the molecule is Cc1cnc(-c2ccc3c(c2)CCC3)c(N)c1. The summed E-state index contributed by atoms with van der Waals surface area (Å²) in [6.07, 6.45) is 5.55. The molecule has 0 saturated heterocycles. The Morgan fingerprint density at radius 1 is 1.12 bits per heavy atom. The molecule has 0 amide bonds. The monoisotopic (exact) mass is 224 g/mol. The molecule has 2 heteroatoms. The third kappa shape index (κ3) is 1.80. The highest BCUT2D eigenvalue weighted by Crippen LogP contribution is 2.29. The van der Waals surface area contributed by atoms with Crippen molar-refractivity contribution in [2.45, 2.75) is 26.2 Å². The Morgan fingerprint density at radius 2 is 1.94 bits per heavy atom. The van der Waals surface area contributed by atoms with Crippen molar-refractivity contribution < 1.29 is 0 Å². The second-order valence-corrected chi connectivity index (χ2v) is 4.79. The molecule has 0 bridgehead atoms. The van der Waals surface area contributed by atoms with E-state index in [4.69, 9.17) is 5.73 Å². The molecule has 0 saturated carbocycles. The summed E-state index contributed by atoms with van der Waals surface area (Å²) in [6.45, 7) is 2.01. The van der Waals surface area contributed by atoms with E-state index in [0.717, 1.165) is 22.5 Å². The van der Waals surface area contributed by atoms with Crippen LogP contribution in [0.5, 0.6) is 0 Å². The molecule has 1 aromatic carbocycles. The van der Waals surface area contributed by atoms with Gasteiger partial charge < -0.3 is 5.73 Å². The van der Waals surface area contributed by atoms with E-state index in [1.807, 2.05) is 19.2 Å². The van der Waals surface area contributed by atoms with Crippen molar-refractivity contribution in [3.63, 3.8) is 0 Å². The van der Waals surface area contributed by atoms with Crippen LogP contribution in [-0.2, 0) is 12.8 Å². The third-order valence-electron chi connectivity index (χ3n) is 3.43. The minimum atomic E-state index is 0.767. The number of hydrogen-bond donors (Lipinski definition) is 1. The maximum Gasteiger partial charge on any atom is 0.0931 e. The summed E-state index contributed by atoms with van der Waals surface area (Å²) in [7, 11) is 0. The van der Waals surface area contributed by atoms with Crippen LogP contribution >= 0.6 is 0 Å². The molecule has 86 valence electrons. The second-order valence-electron chi connectivity index (χ2n) is 4.79. The topological polar surface area (TPSA) is 38.9 Å². The number of pyridine rings is 1. The summed E-state index contributed by atoms with van der Waals surface area (Å²) in [5.74, 6) is 0. The van der Waals surface area contributed by atoms with Gasteiger partial charge in [0.15, 0.2) is 0 Å². The van der Waals surface area contributed by atoms with Crippen LogP contribution in [0.2, 0.25) is 0 Å². The molecular weight excluding hydrogens is 208 g/mol. The van der Waals surface area contributed by atoms with Gasteiger partial charge in [-0.1, -0.05) is 12.1 Å². The highest BCUT2D eigenvalue weighted by molar-refractivity contribution is 5.73. The smallest absolute Gasteiger partial charge is 0.0931 e. The summed E-state index contributed by atoms with van der Waals surface area (Å²) in [4.78, 5) is 4.45. The summed E-state index contributed by atoms with van der Waals surface area (Å²) in [6, 6.07) is 8.59. The fourth-order valence-corrected chi connectivity index (χ4v) is 2.55. The van der Waals surface area contributed by atoms with E-state index in [1.165, 1.54) is 30.4 Å². The molecule has 0 fully saturated rings. The molecule has 0 aliphatic heterocycles. The molecule has 1 aliphatic carbocycles. The van der Waals surface area contributed by atoms with Crippen molar-refractivity contribution in [2.75, 3.05) is 5.73 Å². The quantitative estimate of drug-likeness (QED) is 0.808. The zero-order valence-electron chi connectivity index (χ0n) is 10.0. The molecule has 0 spiro atoms. The molecule has 17 heavy (non-hydrogen) atoms. The Balaban J connectivity index is 2.09. The molecule has 1 aromatic heterocycles. The van der Waals surface area contributed by atoms with Crippen LogP contribution in [0.4, 0.5) is 5.69 Å². The first-order valence-corrected chi connectivity index (χ1v) is 6.08. The van der Waals surface area contributed by atoms with Gasteiger partial charge >= 0.3 is 0 Å². The van der Waals surface area contributed by atoms with Crippen molar-refractivity contribution in [1.29, 1.82) is 0 Å². The Kier molecular flexibility index (Phi) is 2.36. The van der Waals surface area contributed by atoms with Gasteiger partial charge in [-0.25, -0.2) is 0 Å². The molecular formula is C15H16N2. The Bertz CT molecular complexity index is 573. The Hall–Kier alpha value is -1.83. The molecule has 1 aliphatic rings. The van der Waals surface area contributed by atoms with E-state index < -0.39 is 0 Å². The Labute approximate surface area is 102 Å². The zero-order valence-corrected chi connectivity index (χ0v) is 10.0. The van der Waals surface area contributed by atoms with Crippen LogP contribution in [0.3, 0.4) is 0 Å². The molecule has 2 N–H and O–H groups in total. The predicted octanol–water partition coefficient (Wildman–Crippen LogP) is 3.13. The fraction of sp³-hybridized carbons (Fsp3) is 0.267. The first-order valence-electron chi connectivity index (χ1n) is 6.08. The van der Waals surface area contributed by atoms with E-state index in [2.05, 4.69) is 23.2 Å². The number of benzene rings is 1. The van der Waals surface area contributed by atoms with E-state index in [0.29, 0.717) is 0 Å². The van der Waals surface area contributed by atoms with Crippen LogP contribution in [0.1, 0.15) is 23.1 Å². The summed E-state index contributed by atoms with van der Waals surface area (Å²) in [5, 5.41) is 0. The summed E-state index contributed by atoms with van der Waals surface area (Å²) >= 11 is 0. The lowest BCUT2D eigenvalue weighted by molar-refractivity contribution is 0.912. The Morgan fingerprint density at radius 3 is 2.76 bits per heavy atom. The lowest BCUT2D eigenvalue weighted by Gasteiger charge is -2.07. The molecule has 2 aromatic rings. The lowest BCUT2D eigenvalue weighted by Crippen LogP contribution is -1.95. The summed E-state index contributed by atoms with van der Waals surface area (Å²) < 4.78 is 0. The molecule has 2 nitrogen and oxygen atoms in total. The predicted molar refractivity (Wildman–Crippen MR) is 70.8 cm³/mol. The summed E-state index contributed by atoms with van der Waals surface area (Å²) in [5.41, 5.74) is 12.9. The van der Waals surface area contributed by atoms with Crippen molar-refractivity contribution >= 4 is 5.69 Å². The van der Waals surface area contributed by atoms with Gasteiger partial charge in [-0.15, -0.1) is 0 Å². The standard InChI is InChI=1S/C15H16N2/c1-10-7-14(16)15(17-9-10)13-6-5-11-3-2-4-12(11)8-13/h5-9H,2-4,16H2,1H3. The number of nitrogens with zero attached hydrogens (tertiary/aromatic N) is 1. The van der Waals surface area contributed by atoms with Crippen molar-refractivity contribution in [3.8, 4) is 11.3 Å². The number of hydrogen-bond acceptors (Lipinski definition) is 2. The van der Waals surface area contributed by atoms with Gasteiger partial charge in [-0.2, -0.15) is 0 Å². The van der Waals surface area contributed by atoms with Gasteiger partial charge in [0.05, 0.1) is 11.4 Å². The number of anilines is 1. The van der Waals surface area contributed by atoms with Crippen LogP contribution in [0.15, 0.2) is 30.5 Å². The van der Waals surface area contributed by atoms with Crippen LogP contribution in [0.25, 0.3) is 11.3 Å². The van der Waals surface area contributed by atoms with Gasteiger partial charge in [0.25, 0.3) is 0 Å². The van der Waals surface area contributed by atoms with Gasteiger partial charge in [-0.05, 0) is 55.0 Å². The number of fused-ring (bicyclic) bond motifs is 1. The van der Waals surface area contributed by atoms with Crippen LogP contribution in [0, 0.1) is 6.92 Å². The highest BCUT2D eigenvalue weighted by atomic mass is 14.7. The number of aryl methyl sites for hydroxylation is 3. The number of nitrogens with two attached hydrogens (primary N) is 1. The average Bonchev–Trinajstić information content (AvgIpc) is 2.75. The lowest BCUT2D eigenvalue weighted by atomic mass is 10.0. The largest absolute Gasteiger partial charge is 0.397 e. The van der Waals surface area contributed by atoms with E-state index in [-0.39, 0.29) is 0 Å². The van der Waals surface area contributed by atoms with Gasteiger partial charge in [0.2, 0.25) is 0 Å². The van der Waals surface area contributed by atoms with Gasteiger partial charge in [-0.3, -0.25) is 4.98 Å². The van der Waals surface area contributed by atoms with Crippen LogP contribution in [-0.4, -0.2) is 4.98 Å². The number of nitrogen functional groups attached to an aromatic ring is 1. The zero-order chi connectivity index (χ0) is 11.8. The molecule has 0 radical (unpaired) electrons. The molecule has 0 atom stereocenters. The van der Waals surface area contributed by atoms with Gasteiger partial charge in [0, 0.05) is 11.8 Å². The first-order chi connectivity index (χ1) is 8.24. The van der Waals surface area contributed by atoms with Crippen molar-refractivity contribution in [3.05, 3.63) is 47.2 Å². The molecule has 3 rings (SSSR count). The maximum absolute atomic E-state index is 6.04.